The number of hydrogen-bond donors (Lipinski definition) is 1. The Bertz CT molecular complexity index is 566. The van der Waals surface area contributed by atoms with E-state index in [1.54, 1.807) is 18.2 Å². The molecule has 0 aromatic heterocycles. The third-order valence-corrected chi connectivity index (χ3v) is 2.17. The second-order valence-electron chi connectivity index (χ2n) is 3.23. The Hall–Kier alpha value is -2.50. The maximum absolute atomic E-state index is 10.5. The van der Waals surface area contributed by atoms with E-state index in [-0.39, 0.29) is 17.2 Å². The zero-order valence-electron chi connectivity index (χ0n) is 9.18. The molecule has 0 bridgehead atoms. The van der Waals surface area contributed by atoms with Crippen molar-refractivity contribution < 1.29 is 9.53 Å². The summed E-state index contributed by atoms with van der Waals surface area (Å²) < 4.78 is 5.05. The molecule has 6 heteroatoms. The van der Waals surface area contributed by atoms with Crippen LogP contribution in [0.25, 0.3) is 6.08 Å². The minimum Gasteiger partial charge on any atom is -0.482 e. The van der Waals surface area contributed by atoms with Gasteiger partial charge in [0.1, 0.15) is 23.5 Å². The molecule has 1 aromatic rings. The summed E-state index contributed by atoms with van der Waals surface area (Å²) in [5, 5.41) is 17.5. The lowest BCUT2D eigenvalue weighted by Crippen LogP contribution is -2.20. The highest BCUT2D eigenvalue weighted by molar-refractivity contribution is 6.32. The van der Waals surface area contributed by atoms with Gasteiger partial charge >= 0.3 is 0 Å². The SMILES string of the molecule is N#CC(C#N)=Cc1ccc(OCC(N)=O)c(Cl)c1. The molecule has 0 aliphatic rings. The molecule has 0 saturated carbocycles. The summed E-state index contributed by atoms with van der Waals surface area (Å²) in [5.41, 5.74) is 5.49. The van der Waals surface area contributed by atoms with E-state index in [0.717, 1.165) is 0 Å². The minimum absolute atomic E-state index is 0.0307. The second-order valence-corrected chi connectivity index (χ2v) is 3.63. The summed E-state index contributed by atoms with van der Waals surface area (Å²) in [6.45, 7) is -0.267. The fourth-order valence-corrected chi connectivity index (χ4v) is 1.37. The van der Waals surface area contributed by atoms with E-state index in [9.17, 15) is 4.79 Å². The maximum Gasteiger partial charge on any atom is 0.255 e. The first kappa shape index (κ1) is 13.6. The van der Waals surface area contributed by atoms with E-state index in [4.69, 9.17) is 32.6 Å². The quantitative estimate of drug-likeness (QED) is 0.833. The van der Waals surface area contributed by atoms with Gasteiger partial charge in [-0.25, -0.2) is 0 Å². The number of nitrogens with two attached hydrogens (primary N) is 1. The molecule has 0 unspecified atom stereocenters. The van der Waals surface area contributed by atoms with Crippen molar-refractivity contribution in [1.29, 1.82) is 10.5 Å². The summed E-state index contributed by atoms with van der Waals surface area (Å²) >= 11 is 5.91. The van der Waals surface area contributed by atoms with E-state index in [1.807, 2.05) is 0 Å². The van der Waals surface area contributed by atoms with Crippen molar-refractivity contribution >= 4 is 23.6 Å². The van der Waals surface area contributed by atoms with Gasteiger partial charge in [0, 0.05) is 0 Å². The van der Waals surface area contributed by atoms with Crippen LogP contribution in [0.2, 0.25) is 5.02 Å². The third kappa shape index (κ3) is 3.82. The lowest BCUT2D eigenvalue weighted by atomic mass is 10.1. The van der Waals surface area contributed by atoms with Crippen molar-refractivity contribution in [3.05, 3.63) is 34.4 Å². The van der Waals surface area contributed by atoms with Crippen LogP contribution in [-0.2, 0) is 4.79 Å². The van der Waals surface area contributed by atoms with Gasteiger partial charge in [-0.2, -0.15) is 10.5 Å². The molecule has 0 atom stereocenters. The van der Waals surface area contributed by atoms with Crippen LogP contribution in [-0.4, -0.2) is 12.5 Å². The molecule has 1 rings (SSSR count). The van der Waals surface area contributed by atoms with E-state index < -0.39 is 5.91 Å². The van der Waals surface area contributed by atoms with Gasteiger partial charge in [0.15, 0.2) is 6.61 Å². The lowest BCUT2D eigenvalue weighted by Gasteiger charge is -2.06. The van der Waals surface area contributed by atoms with Gasteiger partial charge in [0.2, 0.25) is 0 Å². The molecule has 5 nitrogen and oxygen atoms in total. The Morgan fingerprint density at radius 1 is 1.44 bits per heavy atom. The van der Waals surface area contributed by atoms with Gasteiger partial charge < -0.3 is 10.5 Å². The number of allylic oxidation sites excluding steroid dienone is 1. The van der Waals surface area contributed by atoms with Crippen LogP contribution in [0.15, 0.2) is 23.8 Å². The molecule has 1 aromatic carbocycles. The number of rotatable bonds is 4. The number of carbonyl (C=O) groups is 1. The van der Waals surface area contributed by atoms with Crippen LogP contribution in [0, 0.1) is 22.7 Å². The van der Waals surface area contributed by atoms with Crippen LogP contribution in [0.5, 0.6) is 5.75 Å². The molecular formula is C12H8ClN3O2. The van der Waals surface area contributed by atoms with Crippen molar-refractivity contribution in [2.45, 2.75) is 0 Å². The molecular weight excluding hydrogens is 254 g/mol. The van der Waals surface area contributed by atoms with Crippen molar-refractivity contribution in [2.24, 2.45) is 5.73 Å². The monoisotopic (exact) mass is 261 g/mol. The lowest BCUT2D eigenvalue weighted by molar-refractivity contribution is -0.119. The average Bonchev–Trinajstić information content (AvgIpc) is 2.34. The number of nitrogens with zero attached hydrogens (tertiary/aromatic N) is 2. The molecule has 0 aliphatic heterocycles. The average molecular weight is 262 g/mol. The van der Waals surface area contributed by atoms with E-state index in [0.29, 0.717) is 11.3 Å². The first-order valence-electron chi connectivity index (χ1n) is 4.79. The van der Waals surface area contributed by atoms with Crippen molar-refractivity contribution in [3.8, 4) is 17.9 Å². The van der Waals surface area contributed by atoms with Gasteiger partial charge in [-0.15, -0.1) is 0 Å². The number of carbonyl (C=O) groups excluding carboxylic acids is 1. The fourth-order valence-electron chi connectivity index (χ4n) is 1.13. The highest BCUT2D eigenvalue weighted by Gasteiger charge is 2.04. The molecule has 0 fully saturated rings. The summed E-state index contributed by atoms with van der Waals surface area (Å²) in [5.74, 6) is -0.297. The first-order valence-corrected chi connectivity index (χ1v) is 5.17. The zero-order chi connectivity index (χ0) is 13.5. The van der Waals surface area contributed by atoms with Gasteiger partial charge in [-0.1, -0.05) is 17.7 Å². The molecule has 1 amide bonds. The second kappa shape index (κ2) is 6.29. The van der Waals surface area contributed by atoms with E-state index >= 15 is 0 Å². The number of nitriles is 2. The third-order valence-electron chi connectivity index (χ3n) is 1.88. The Balaban J connectivity index is 2.94. The molecule has 0 heterocycles. The number of amides is 1. The molecule has 0 radical (unpaired) electrons. The Morgan fingerprint density at radius 3 is 2.61 bits per heavy atom. The van der Waals surface area contributed by atoms with E-state index in [1.165, 1.54) is 18.2 Å². The number of benzene rings is 1. The Kier molecular flexibility index (Phi) is 4.74. The summed E-state index contributed by atoms with van der Waals surface area (Å²) in [6.07, 6.45) is 1.39. The topological polar surface area (TPSA) is 99.9 Å². The van der Waals surface area contributed by atoms with Crippen LogP contribution in [0.4, 0.5) is 0 Å². The normalized spacial score (nSPS) is 8.83. The number of ether oxygens (including phenoxy) is 1. The Morgan fingerprint density at radius 2 is 2.11 bits per heavy atom. The van der Waals surface area contributed by atoms with Crippen LogP contribution >= 0.6 is 11.6 Å². The van der Waals surface area contributed by atoms with Gasteiger partial charge in [-0.3, -0.25) is 4.79 Å². The maximum atomic E-state index is 10.5. The number of primary amides is 1. The molecule has 90 valence electrons. The predicted molar refractivity (Wildman–Crippen MR) is 65.3 cm³/mol. The highest BCUT2D eigenvalue weighted by atomic mass is 35.5. The van der Waals surface area contributed by atoms with Crippen LogP contribution < -0.4 is 10.5 Å². The molecule has 0 spiro atoms. The minimum atomic E-state index is -0.605. The smallest absolute Gasteiger partial charge is 0.255 e. The number of halogens is 1. The largest absolute Gasteiger partial charge is 0.482 e. The first-order chi connectivity index (χ1) is 8.56. The fraction of sp³-hybridized carbons (Fsp3) is 0.0833. The van der Waals surface area contributed by atoms with Crippen LogP contribution in [0.1, 0.15) is 5.56 Å². The van der Waals surface area contributed by atoms with Gasteiger partial charge in [0.05, 0.1) is 5.02 Å². The zero-order valence-corrected chi connectivity index (χ0v) is 9.94. The predicted octanol–water partition coefficient (Wildman–Crippen LogP) is 1.63. The van der Waals surface area contributed by atoms with Crippen molar-refractivity contribution in [2.75, 3.05) is 6.61 Å². The molecule has 18 heavy (non-hydrogen) atoms. The molecule has 0 aliphatic carbocycles. The van der Waals surface area contributed by atoms with Gasteiger partial charge in [0.25, 0.3) is 5.91 Å². The molecule has 0 saturated heterocycles. The summed E-state index contributed by atoms with van der Waals surface area (Å²) in [7, 11) is 0. The van der Waals surface area contributed by atoms with Crippen molar-refractivity contribution in [3.63, 3.8) is 0 Å². The highest BCUT2D eigenvalue weighted by Crippen LogP contribution is 2.26. The standard InChI is InChI=1S/C12H8ClN3O2/c13-10-4-8(3-9(5-14)6-15)1-2-11(10)18-7-12(16)17/h1-4H,7H2,(H2,16,17). The van der Waals surface area contributed by atoms with Crippen molar-refractivity contribution in [1.82, 2.24) is 0 Å². The summed E-state index contributed by atoms with van der Waals surface area (Å²) in [6, 6.07) is 8.14. The Labute approximate surface area is 109 Å². The summed E-state index contributed by atoms with van der Waals surface area (Å²) in [4.78, 5) is 10.5. The van der Waals surface area contributed by atoms with E-state index in [2.05, 4.69) is 0 Å². The number of hydrogen-bond acceptors (Lipinski definition) is 4. The van der Waals surface area contributed by atoms with Gasteiger partial charge in [-0.05, 0) is 23.8 Å². The molecule has 2 N–H and O–H groups in total. The van der Waals surface area contributed by atoms with Crippen LogP contribution in [0.3, 0.4) is 0 Å².